The number of carbonyl (C=O) groups is 2. The number of aliphatic carboxylic acids is 1. The molecular formula is C25H40O6. The molecule has 0 saturated heterocycles. The SMILES string of the molecule is [2H]C([2H])([2H])C(CC)(C(=O)O[C@H]1C[C@H](C)C=C2C=C[C@H](C)[C@H](CC[C@@H](O)C[C@@H](O)CC(=O)O)[C@H]21)C([2H])([2H])[2H]. The van der Waals surface area contributed by atoms with Gasteiger partial charge in [0.25, 0.3) is 0 Å². The Morgan fingerprint density at radius 1 is 1.29 bits per heavy atom. The average molecular weight is 443 g/mol. The summed E-state index contributed by atoms with van der Waals surface area (Å²) in [7, 11) is 0. The molecule has 31 heavy (non-hydrogen) atoms. The second kappa shape index (κ2) is 10.8. The van der Waals surface area contributed by atoms with Crippen LogP contribution in [0.2, 0.25) is 0 Å². The number of ether oxygens (including phenoxy) is 1. The van der Waals surface area contributed by atoms with Gasteiger partial charge in [0, 0.05) is 14.1 Å². The Bertz CT molecular complexity index is 866. The lowest BCUT2D eigenvalue weighted by molar-refractivity contribution is -0.164. The van der Waals surface area contributed by atoms with E-state index < -0.39 is 62.2 Å². The molecule has 0 heterocycles. The molecule has 0 unspecified atom stereocenters. The summed E-state index contributed by atoms with van der Waals surface area (Å²) < 4.78 is 53.3. The second-order valence-corrected chi connectivity index (χ2v) is 9.21. The summed E-state index contributed by atoms with van der Waals surface area (Å²) in [5.41, 5.74) is -1.72. The summed E-state index contributed by atoms with van der Waals surface area (Å²) in [4.78, 5) is 24.2. The largest absolute Gasteiger partial charge is 0.481 e. The van der Waals surface area contributed by atoms with Gasteiger partial charge in [0.1, 0.15) is 6.10 Å². The van der Waals surface area contributed by atoms with Gasteiger partial charge < -0.3 is 20.1 Å². The van der Waals surface area contributed by atoms with E-state index >= 15 is 0 Å². The fourth-order valence-corrected chi connectivity index (χ4v) is 4.71. The summed E-state index contributed by atoms with van der Waals surface area (Å²) in [5.74, 6) is -2.79. The minimum absolute atomic E-state index is 0.0102. The van der Waals surface area contributed by atoms with E-state index in [0.717, 1.165) is 5.57 Å². The average Bonchev–Trinajstić information content (AvgIpc) is 2.71. The molecule has 2 rings (SSSR count). The van der Waals surface area contributed by atoms with Crippen LogP contribution in [0.25, 0.3) is 0 Å². The Morgan fingerprint density at radius 2 is 2.00 bits per heavy atom. The van der Waals surface area contributed by atoms with Crippen molar-refractivity contribution >= 4 is 11.9 Å². The molecule has 2 aliphatic rings. The van der Waals surface area contributed by atoms with Crippen molar-refractivity contribution in [3.05, 3.63) is 23.8 Å². The van der Waals surface area contributed by atoms with Crippen LogP contribution in [0, 0.1) is 29.1 Å². The van der Waals surface area contributed by atoms with Gasteiger partial charge in [-0.15, -0.1) is 0 Å². The van der Waals surface area contributed by atoms with Crippen LogP contribution < -0.4 is 0 Å². The second-order valence-electron chi connectivity index (χ2n) is 9.21. The highest BCUT2D eigenvalue weighted by Gasteiger charge is 2.42. The third-order valence-corrected chi connectivity index (χ3v) is 6.52. The predicted octanol–water partition coefficient (Wildman–Crippen LogP) is 4.11. The molecule has 0 amide bonds. The Morgan fingerprint density at radius 3 is 2.61 bits per heavy atom. The lowest BCUT2D eigenvalue weighted by Crippen LogP contribution is -2.43. The van der Waals surface area contributed by atoms with E-state index in [1.807, 2.05) is 26.0 Å². The number of hydrogen-bond donors (Lipinski definition) is 3. The molecule has 0 aromatic carbocycles. The van der Waals surface area contributed by atoms with Crippen molar-refractivity contribution in [2.75, 3.05) is 0 Å². The van der Waals surface area contributed by atoms with Gasteiger partial charge in [0.2, 0.25) is 0 Å². The maximum absolute atomic E-state index is 13.4. The van der Waals surface area contributed by atoms with Crippen LogP contribution >= 0.6 is 0 Å². The fourth-order valence-electron chi connectivity index (χ4n) is 4.71. The molecule has 7 atom stereocenters. The van der Waals surface area contributed by atoms with Gasteiger partial charge in [0.15, 0.2) is 0 Å². The van der Waals surface area contributed by atoms with Gasteiger partial charge >= 0.3 is 11.9 Å². The zero-order valence-corrected chi connectivity index (χ0v) is 18.6. The molecule has 6 heteroatoms. The quantitative estimate of drug-likeness (QED) is 0.440. The van der Waals surface area contributed by atoms with Crippen LogP contribution in [-0.4, -0.2) is 45.6 Å². The van der Waals surface area contributed by atoms with E-state index in [2.05, 4.69) is 6.08 Å². The zero-order chi connectivity index (χ0) is 28.3. The highest BCUT2D eigenvalue weighted by Crippen LogP contribution is 2.45. The molecular weight excluding hydrogens is 396 g/mol. The first-order valence-electron chi connectivity index (χ1n) is 14.1. The number of fused-ring (bicyclic) bond motifs is 1. The lowest BCUT2D eigenvalue weighted by Gasteiger charge is -2.44. The van der Waals surface area contributed by atoms with Gasteiger partial charge in [-0.2, -0.15) is 0 Å². The summed E-state index contributed by atoms with van der Waals surface area (Å²) in [5, 5.41) is 29.1. The summed E-state index contributed by atoms with van der Waals surface area (Å²) in [6.45, 7) is -0.893. The van der Waals surface area contributed by atoms with Crippen molar-refractivity contribution in [3.8, 4) is 0 Å². The highest BCUT2D eigenvalue weighted by atomic mass is 16.5. The van der Waals surface area contributed by atoms with E-state index in [1.165, 1.54) is 6.92 Å². The first-order chi connectivity index (χ1) is 16.9. The number of carboxylic acid groups (broad SMARTS) is 1. The van der Waals surface area contributed by atoms with Crippen LogP contribution in [0.3, 0.4) is 0 Å². The molecule has 6 nitrogen and oxygen atoms in total. The predicted molar refractivity (Wildman–Crippen MR) is 119 cm³/mol. The number of carboxylic acids is 1. The van der Waals surface area contributed by atoms with Crippen molar-refractivity contribution < 1.29 is 37.9 Å². The molecule has 0 spiro atoms. The third kappa shape index (κ3) is 6.91. The normalized spacial score (nSPS) is 33.8. The first-order valence-corrected chi connectivity index (χ1v) is 11.1. The Labute approximate surface area is 194 Å². The maximum atomic E-state index is 13.4. The van der Waals surface area contributed by atoms with Crippen LogP contribution in [0.1, 0.15) is 81.2 Å². The van der Waals surface area contributed by atoms with E-state index in [9.17, 15) is 19.8 Å². The lowest BCUT2D eigenvalue weighted by atomic mass is 9.65. The first kappa shape index (κ1) is 17.8. The van der Waals surface area contributed by atoms with Gasteiger partial charge in [0.05, 0.1) is 24.0 Å². The fraction of sp³-hybridized carbons (Fsp3) is 0.760. The zero-order valence-electron chi connectivity index (χ0n) is 24.6. The Kier molecular flexibility index (Phi) is 6.20. The van der Waals surface area contributed by atoms with Crippen LogP contribution in [0.5, 0.6) is 0 Å². The number of carbonyl (C=O) groups excluding carboxylic acids is 1. The number of hydrogen-bond acceptors (Lipinski definition) is 5. The van der Waals surface area contributed by atoms with Crippen molar-refractivity contribution in [1.82, 2.24) is 0 Å². The molecule has 0 saturated carbocycles. The van der Waals surface area contributed by atoms with E-state index in [1.54, 1.807) is 0 Å². The standard InChI is InChI=1S/C25H40O6/c1-6-25(4,5)24(30)31-21-12-15(2)11-17-8-7-16(3)20(23(17)21)10-9-18(26)13-19(27)14-22(28)29/h7-8,11,15-16,18-21,23,26-27H,6,9-10,12-14H2,1-5H3,(H,28,29)/t15-,16+,18-,19-,20+,21+,23+/m1/s1/i4D3,5D3. The molecule has 3 N–H and O–H groups in total. The van der Waals surface area contributed by atoms with Gasteiger partial charge in [-0.05, 0) is 69.1 Å². The Hall–Kier alpha value is -1.66. The highest BCUT2D eigenvalue weighted by molar-refractivity contribution is 5.76. The summed E-state index contributed by atoms with van der Waals surface area (Å²) in [6, 6.07) is 0. The van der Waals surface area contributed by atoms with E-state index in [0.29, 0.717) is 12.8 Å². The van der Waals surface area contributed by atoms with Crippen molar-refractivity contribution in [2.45, 2.75) is 91.3 Å². The number of esters is 1. The third-order valence-electron chi connectivity index (χ3n) is 6.52. The molecule has 0 bridgehead atoms. The molecule has 176 valence electrons. The van der Waals surface area contributed by atoms with E-state index in [-0.39, 0.29) is 36.5 Å². The molecule has 0 fully saturated rings. The van der Waals surface area contributed by atoms with Gasteiger partial charge in [-0.3, -0.25) is 9.59 Å². The molecule has 0 aliphatic heterocycles. The van der Waals surface area contributed by atoms with Crippen molar-refractivity contribution in [1.29, 1.82) is 0 Å². The smallest absolute Gasteiger partial charge is 0.311 e. The summed E-state index contributed by atoms with van der Waals surface area (Å²) in [6.07, 6.45) is 3.39. The molecule has 0 radical (unpaired) electrons. The minimum Gasteiger partial charge on any atom is -0.481 e. The number of aliphatic hydroxyl groups is 2. The molecule has 0 aromatic rings. The van der Waals surface area contributed by atoms with Crippen LogP contribution in [-0.2, 0) is 14.3 Å². The Balaban J connectivity index is 2.31. The minimum atomic E-state index is -3.09. The molecule has 0 aromatic heterocycles. The van der Waals surface area contributed by atoms with E-state index in [4.69, 9.17) is 18.1 Å². The van der Waals surface area contributed by atoms with Crippen LogP contribution in [0.15, 0.2) is 23.8 Å². The number of allylic oxidation sites excluding steroid dienone is 3. The van der Waals surface area contributed by atoms with Crippen molar-refractivity contribution in [3.63, 3.8) is 0 Å². The van der Waals surface area contributed by atoms with Crippen molar-refractivity contribution in [2.24, 2.45) is 29.1 Å². The number of aliphatic hydroxyl groups excluding tert-OH is 2. The van der Waals surface area contributed by atoms with Gasteiger partial charge in [-0.25, -0.2) is 0 Å². The van der Waals surface area contributed by atoms with Crippen LogP contribution in [0.4, 0.5) is 0 Å². The monoisotopic (exact) mass is 442 g/mol. The maximum Gasteiger partial charge on any atom is 0.311 e. The number of rotatable bonds is 10. The molecule has 2 aliphatic carbocycles. The summed E-state index contributed by atoms with van der Waals surface area (Å²) >= 11 is 0. The van der Waals surface area contributed by atoms with Gasteiger partial charge in [-0.1, -0.05) is 39.0 Å². The topological polar surface area (TPSA) is 104 Å².